The first kappa shape index (κ1) is 14.1. The van der Waals surface area contributed by atoms with Gasteiger partial charge in [-0.3, -0.25) is 4.79 Å². The van der Waals surface area contributed by atoms with Gasteiger partial charge < -0.3 is 10.0 Å². The van der Waals surface area contributed by atoms with Crippen LogP contribution in [0.4, 0.5) is 0 Å². The van der Waals surface area contributed by atoms with Crippen molar-refractivity contribution < 1.29 is 9.90 Å². The lowest BCUT2D eigenvalue weighted by Gasteiger charge is -2.31. The van der Waals surface area contributed by atoms with Gasteiger partial charge in [-0.25, -0.2) is 0 Å². The summed E-state index contributed by atoms with van der Waals surface area (Å²) in [6.07, 6.45) is 4.54. The summed E-state index contributed by atoms with van der Waals surface area (Å²) in [4.78, 5) is 14.5. The van der Waals surface area contributed by atoms with E-state index in [0.717, 1.165) is 18.4 Å². The van der Waals surface area contributed by atoms with Crippen molar-refractivity contribution in [2.45, 2.75) is 44.6 Å². The maximum atomic E-state index is 12.6. The molecule has 0 spiro atoms. The molecule has 1 N–H and O–H groups in total. The van der Waals surface area contributed by atoms with Crippen molar-refractivity contribution in [3.05, 3.63) is 35.9 Å². The molecule has 104 valence electrons. The van der Waals surface area contributed by atoms with E-state index in [1.165, 1.54) is 12.8 Å². The van der Waals surface area contributed by atoms with E-state index in [1.807, 2.05) is 42.2 Å². The summed E-state index contributed by atoms with van der Waals surface area (Å²) in [5.41, 5.74) is 1.05. The van der Waals surface area contributed by atoms with Crippen molar-refractivity contribution in [2.24, 2.45) is 0 Å². The second-order valence-corrected chi connectivity index (χ2v) is 5.33. The molecular formula is C16H23NO2. The van der Waals surface area contributed by atoms with E-state index in [9.17, 15) is 9.90 Å². The normalized spacial score (nSPS) is 17.4. The van der Waals surface area contributed by atoms with Crippen LogP contribution in [0.25, 0.3) is 0 Å². The van der Waals surface area contributed by atoms with Crippen LogP contribution in [0.3, 0.4) is 0 Å². The molecule has 2 rings (SSSR count). The van der Waals surface area contributed by atoms with Crippen molar-refractivity contribution in [3.63, 3.8) is 0 Å². The summed E-state index contributed by atoms with van der Waals surface area (Å²) in [7, 11) is 0. The number of nitrogens with zero attached hydrogens (tertiary/aromatic N) is 1. The van der Waals surface area contributed by atoms with E-state index in [2.05, 4.69) is 0 Å². The number of carbonyl (C=O) groups excluding carboxylic acids is 1. The predicted molar refractivity (Wildman–Crippen MR) is 75.9 cm³/mol. The van der Waals surface area contributed by atoms with Crippen molar-refractivity contribution in [1.82, 2.24) is 4.90 Å². The molecule has 0 radical (unpaired) electrons. The second kappa shape index (κ2) is 6.71. The molecule has 3 heteroatoms. The molecule has 1 amide bonds. The van der Waals surface area contributed by atoms with Gasteiger partial charge >= 0.3 is 0 Å². The number of benzene rings is 1. The molecule has 3 nitrogen and oxygen atoms in total. The molecule has 1 unspecified atom stereocenters. The second-order valence-electron chi connectivity index (χ2n) is 5.33. The van der Waals surface area contributed by atoms with Crippen LogP contribution in [0, 0.1) is 0 Å². The minimum absolute atomic E-state index is 0.0454. The van der Waals surface area contributed by atoms with Crippen molar-refractivity contribution in [2.75, 3.05) is 13.2 Å². The largest absolute Gasteiger partial charge is 0.395 e. The molecule has 1 atom stereocenters. The molecule has 0 aliphatic heterocycles. The average Bonchev–Trinajstić information content (AvgIpc) is 2.98. The van der Waals surface area contributed by atoms with E-state index >= 15 is 0 Å². The first-order chi connectivity index (χ1) is 9.24. The van der Waals surface area contributed by atoms with Gasteiger partial charge in [-0.1, -0.05) is 43.2 Å². The molecule has 1 aliphatic carbocycles. The zero-order valence-electron chi connectivity index (χ0n) is 11.6. The Kier molecular flexibility index (Phi) is 4.97. The van der Waals surface area contributed by atoms with Gasteiger partial charge in [0.1, 0.15) is 0 Å². The number of aliphatic hydroxyl groups is 1. The standard InChI is InChI=1S/C16H23NO2/c1-13(14-7-3-2-4-8-14)16(19)17(11-12-18)15-9-5-6-10-15/h2-4,7-8,13,15,18H,5-6,9-12H2,1H3. The van der Waals surface area contributed by atoms with Crippen molar-refractivity contribution in [1.29, 1.82) is 0 Å². The van der Waals surface area contributed by atoms with Crippen LogP contribution >= 0.6 is 0 Å². The zero-order valence-corrected chi connectivity index (χ0v) is 11.6. The number of rotatable bonds is 5. The first-order valence-electron chi connectivity index (χ1n) is 7.20. The molecule has 1 aliphatic rings. The third kappa shape index (κ3) is 3.35. The summed E-state index contributed by atoms with van der Waals surface area (Å²) in [5, 5.41) is 9.20. The van der Waals surface area contributed by atoms with Gasteiger partial charge in [-0.05, 0) is 25.3 Å². The Morgan fingerprint density at radius 1 is 1.32 bits per heavy atom. The molecular weight excluding hydrogens is 238 g/mol. The predicted octanol–water partition coefficient (Wildman–Crippen LogP) is 2.55. The lowest BCUT2D eigenvalue weighted by atomic mass is 9.98. The fourth-order valence-electron chi connectivity index (χ4n) is 2.93. The van der Waals surface area contributed by atoms with Gasteiger partial charge in [0, 0.05) is 12.6 Å². The fourth-order valence-corrected chi connectivity index (χ4v) is 2.93. The molecule has 19 heavy (non-hydrogen) atoms. The number of hydrogen-bond donors (Lipinski definition) is 1. The highest BCUT2D eigenvalue weighted by molar-refractivity contribution is 5.83. The van der Waals surface area contributed by atoms with E-state index in [0.29, 0.717) is 12.6 Å². The summed E-state index contributed by atoms with van der Waals surface area (Å²) in [6.45, 7) is 2.46. The Labute approximate surface area is 115 Å². The quantitative estimate of drug-likeness (QED) is 0.885. The third-order valence-electron chi connectivity index (χ3n) is 4.06. The van der Waals surface area contributed by atoms with Crippen LogP contribution in [0.15, 0.2) is 30.3 Å². The zero-order chi connectivity index (χ0) is 13.7. The Balaban J connectivity index is 2.10. The van der Waals surface area contributed by atoms with Crippen LogP contribution in [0.2, 0.25) is 0 Å². The monoisotopic (exact) mass is 261 g/mol. The van der Waals surface area contributed by atoms with Crippen LogP contribution < -0.4 is 0 Å². The van der Waals surface area contributed by atoms with E-state index in [4.69, 9.17) is 0 Å². The lowest BCUT2D eigenvalue weighted by molar-refractivity contribution is -0.135. The highest BCUT2D eigenvalue weighted by Crippen LogP contribution is 2.27. The topological polar surface area (TPSA) is 40.5 Å². The van der Waals surface area contributed by atoms with Gasteiger partial charge in [-0.2, -0.15) is 0 Å². The maximum Gasteiger partial charge on any atom is 0.230 e. The van der Waals surface area contributed by atoms with Crippen molar-refractivity contribution in [3.8, 4) is 0 Å². The SMILES string of the molecule is CC(C(=O)N(CCO)C1CCCC1)c1ccccc1. The highest BCUT2D eigenvalue weighted by Gasteiger charge is 2.29. The Hall–Kier alpha value is -1.35. The average molecular weight is 261 g/mol. The third-order valence-corrected chi connectivity index (χ3v) is 4.06. The summed E-state index contributed by atoms with van der Waals surface area (Å²) in [5.74, 6) is 0.0144. The number of hydrogen-bond acceptors (Lipinski definition) is 2. The van der Waals surface area contributed by atoms with Gasteiger partial charge in [0.15, 0.2) is 0 Å². The summed E-state index contributed by atoms with van der Waals surface area (Å²) in [6, 6.07) is 10.2. The fraction of sp³-hybridized carbons (Fsp3) is 0.562. The van der Waals surface area contributed by atoms with Crippen LogP contribution in [-0.4, -0.2) is 35.1 Å². The minimum atomic E-state index is -0.131. The Bertz CT molecular complexity index is 398. The molecule has 1 fully saturated rings. The van der Waals surface area contributed by atoms with E-state index in [-0.39, 0.29) is 18.4 Å². The smallest absolute Gasteiger partial charge is 0.230 e. The molecule has 0 saturated heterocycles. The molecule has 1 aromatic carbocycles. The van der Waals surface area contributed by atoms with Crippen molar-refractivity contribution >= 4 is 5.91 Å². The number of carbonyl (C=O) groups is 1. The Morgan fingerprint density at radius 3 is 2.53 bits per heavy atom. The molecule has 0 bridgehead atoms. The molecule has 0 heterocycles. The van der Waals surface area contributed by atoms with Gasteiger partial charge in [0.05, 0.1) is 12.5 Å². The van der Waals surface area contributed by atoms with Crippen LogP contribution in [-0.2, 0) is 4.79 Å². The minimum Gasteiger partial charge on any atom is -0.395 e. The first-order valence-corrected chi connectivity index (χ1v) is 7.20. The molecule has 1 aromatic rings. The van der Waals surface area contributed by atoms with Gasteiger partial charge in [0.25, 0.3) is 0 Å². The highest BCUT2D eigenvalue weighted by atomic mass is 16.3. The number of aliphatic hydroxyl groups excluding tert-OH is 1. The van der Waals surface area contributed by atoms with E-state index in [1.54, 1.807) is 0 Å². The lowest BCUT2D eigenvalue weighted by Crippen LogP contribution is -2.42. The molecule has 0 aromatic heterocycles. The summed E-state index contributed by atoms with van der Waals surface area (Å²) < 4.78 is 0. The Morgan fingerprint density at radius 2 is 1.95 bits per heavy atom. The van der Waals surface area contributed by atoms with Gasteiger partial charge in [0.2, 0.25) is 5.91 Å². The number of amides is 1. The maximum absolute atomic E-state index is 12.6. The summed E-state index contributed by atoms with van der Waals surface area (Å²) >= 11 is 0. The van der Waals surface area contributed by atoms with E-state index < -0.39 is 0 Å². The molecule has 1 saturated carbocycles. The van der Waals surface area contributed by atoms with Crippen LogP contribution in [0.1, 0.15) is 44.1 Å². The van der Waals surface area contributed by atoms with Crippen LogP contribution in [0.5, 0.6) is 0 Å². The van der Waals surface area contributed by atoms with Gasteiger partial charge in [-0.15, -0.1) is 0 Å².